The maximum Gasteiger partial charge on any atom is 0.250 e. The fraction of sp³-hybridized carbons (Fsp3) is 0. The van der Waals surface area contributed by atoms with E-state index in [9.17, 15) is 13.6 Å². The molecule has 23 heavy (non-hydrogen) atoms. The van der Waals surface area contributed by atoms with Crippen molar-refractivity contribution in [2.24, 2.45) is 5.73 Å². The van der Waals surface area contributed by atoms with E-state index in [0.717, 1.165) is 18.2 Å². The van der Waals surface area contributed by atoms with Crippen LogP contribution in [0.25, 0.3) is 22.6 Å². The Labute approximate surface area is 129 Å². The number of hydrogen-bond donors (Lipinski definition) is 3. The summed E-state index contributed by atoms with van der Waals surface area (Å²) in [6.45, 7) is 0. The van der Waals surface area contributed by atoms with Crippen LogP contribution in [0.4, 0.5) is 14.7 Å². The van der Waals surface area contributed by atoms with Crippen molar-refractivity contribution in [2.75, 3.05) is 5.73 Å². The second-order valence-corrected chi connectivity index (χ2v) is 4.76. The molecule has 0 aliphatic heterocycles. The molecule has 3 aromatic rings. The van der Waals surface area contributed by atoms with Crippen molar-refractivity contribution >= 4 is 11.9 Å². The molecule has 8 heteroatoms. The van der Waals surface area contributed by atoms with Gasteiger partial charge in [0.15, 0.2) is 0 Å². The van der Waals surface area contributed by atoms with Gasteiger partial charge in [-0.2, -0.15) is 0 Å². The monoisotopic (exact) mass is 315 g/mol. The van der Waals surface area contributed by atoms with Crippen LogP contribution in [-0.4, -0.2) is 20.9 Å². The van der Waals surface area contributed by atoms with Crippen LogP contribution in [0.5, 0.6) is 0 Å². The van der Waals surface area contributed by atoms with Crippen molar-refractivity contribution in [3.8, 4) is 22.6 Å². The number of amides is 1. The van der Waals surface area contributed by atoms with Crippen molar-refractivity contribution in [1.82, 2.24) is 15.0 Å². The average Bonchev–Trinajstić information content (AvgIpc) is 2.95. The highest BCUT2D eigenvalue weighted by Gasteiger charge is 2.19. The molecular formula is C15H11F2N5O. The first-order chi connectivity index (χ1) is 11.0. The van der Waals surface area contributed by atoms with Gasteiger partial charge in [-0.05, 0) is 30.3 Å². The zero-order valence-corrected chi connectivity index (χ0v) is 11.7. The number of H-pyrrole nitrogens is 1. The molecule has 2 heterocycles. The molecule has 0 unspecified atom stereocenters. The summed E-state index contributed by atoms with van der Waals surface area (Å²) in [7, 11) is 0. The summed E-state index contributed by atoms with van der Waals surface area (Å²) in [4.78, 5) is 22.2. The van der Waals surface area contributed by atoms with E-state index in [1.807, 2.05) is 0 Å². The highest BCUT2D eigenvalue weighted by atomic mass is 19.1. The second-order valence-electron chi connectivity index (χ2n) is 4.76. The standard InChI is InChI=1S/C15H11F2N5O/c16-7-1-2-10(17)8(5-7)13-9(14(18)23)6-12(21-13)11-3-4-20-15(19)22-11/h1-6,21H,(H2,18,23)(H2,19,20,22). The van der Waals surface area contributed by atoms with Crippen molar-refractivity contribution < 1.29 is 13.6 Å². The molecule has 0 saturated heterocycles. The Kier molecular flexibility index (Phi) is 3.49. The number of aromatic nitrogens is 3. The Hall–Kier alpha value is -3.29. The lowest BCUT2D eigenvalue weighted by molar-refractivity contribution is 0.100. The van der Waals surface area contributed by atoms with Gasteiger partial charge in [-0.1, -0.05) is 0 Å². The Morgan fingerprint density at radius 2 is 1.96 bits per heavy atom. The number of rotatable bonds is 3. The third-order valence-electron chi connectivity index (χ3n) is 3.23. The van der Waals surface area contributed by atoms with Crippen molar-refractivity contribution in [2.45, 2.75) is 0 Å². The molecule has 0 radical (unpaired) electrons. The van der Waals surface area contributed by atoms with Crippen LogP contribution in [0.2, 0.25) is 0 Å². The predicted octanol–water partition coefficient (Wildman–Crippen LogP) is 2.10. The van der Waals surface area contributed by atoms with Gasteiger partial charge in [-0.25, -0.2) is 18.7 Å². The first-order valence-corrected chi connectivity index (χ1v) is 6.53. The van der Waals surface area contributed by atoms with Crippen LogP contribution in [0, 0.1) is 11.6 Å². The van der Waals surface area contributed by atoms with E-state index in [4.69, 9.17) is 11.5 Å². The highest BCUT2D eigenvalue weighted by molar-refractivity contribution is 6.00. The molecule has 0 saturated carbocycles. The van der Waals surface area contributed by atoms with Gasteiger partial charge >= 0.3 is 0 Å². The fourth-order valence-electron chi connectivity index (χ4n) is 2.21. The lowest BCUT2D eigenvalue weighted by Crippen LogP contribution is -2.11. The lowest BCUT2D eigenvalue weighted by atomic mass is 10.1. The van der Waals surface area contributed by atoms with E-state index >= 15 is 0 Å². The molecule has 0 spiro atoms. The molecular weight excluding hydrogens is 304 g/mol. The van der Waals surface area contributed by atoms with Crippen LogP contribution in [0.15, 0.2) is 36.5 Å². The van der Waals surface area contributed by atoms with E-state index in [0.29, 0.717) is 11.4 Å². The van der Waals surface area contributed by atoms with Gasteiger partial charge in [0.2, 0.25) is 5.95 Å². The number of primary amides is 1. The number of nitrogens with one attached hydrogen (secondary N) is 1. The van der Waals surface area contributed by atoms with Gasteiger partial charge in [0, 0.05) is 11.8 Å². The molecule has 0 fully saturated rings. The molecule has 2 aromatic heterocycles. The quantitative estimate of drug-likeness (QED) is 0.687. The zero-order valence-electron chi connectivity index (χ0n) is 11.7. The minimum atomic E-state index is -0.784. The molecule has 1 amide bonds. The van der Waals surface area contributed by atoms with Gasteiger partial charge in [-0.3, -0.25) is 4.79 Å². The SMILES string of the molecule is NC(=O)c1cc(-c2ccnc(N)n2)[nH]c1-c1cc(F)ccc1F. The first-order valence-electron chi connectivity index (χ1n) is 6.53. The fourth-order valence-corrected chi connectivity index (χ4v) is 2.21. The molecule has 0 bridgehead atoms. The van der Waals surface area contributed by atoms with Crippen LogP contribution >= 0.6 is 0 Å². The first kappa shape index (κ1) is 14.6. The van der Waals surface area contributed by atoms with E-state index in [1.165, 1.54) is 12.3 Å². The summed E-state index contributed by atoms with van der Waals surface area (Å²) < 4.78 is 27.4. The van der Waals surface area contributed by atoms with Crippen LogP contribution in [0.3, 0.4) is 0 Å². The summed E-state index contributed by atoms with van der Waals surface area (Å²) in [6, 6.07) is 5.89. The number of anilines is 1. The number of aromatic amines is 1. The van der Waals surface area contributed by atoms with Crippen molar-refractivity contribution in [3.63, 3.8) is 0 Å². The number of carbonyl (C=O) groups excluding carboxylic acids is 1. The van der Waals surface area contributed by atoms with E-state index in [2.05, 4.69) is 15.0 Å². The summed E-state index contributed by atoms with van der Waals surface area (Å²) in [5.74, 6) is -2.08. The summed E-state index contributed by atoms with van der Waals surface area (Å²) >= 11 is 0. The Bertz CT molecular complexity index is 907. The third-order valence-corrected chi connectivity index (χ3v) is 3.23. The maximum atomic E-state index is 14.0. The topological polar surface area (TPSA) is 111 Å². The molecule has 116 valence electrons. The summed E-state index contributed by atoms with van der Waals surface area (Å²) in [5, 5.41) is 0. The largest absolute Gasteiger partial charge is 0.368 e. The molecule has 5 N–H and O–H groups in total. The average molecular weight is 315 g/mol. The number of hydrogen-bond acceptors (Lipinski definition) is 4. The number of nitrogens with two attached hydrogens (primary N) is 2. The Balaban J connectivity index is 2.21. The normalized spacial score (nSPS) is 10.7. The smallest absolute Gasteiger partial charge is 0.250 e. The molecule has 0 aliphatic rings. The van der Waals surface area contributed by atoms with E-state index in [1.54, 1.807) is 6.07 Å². The van der Waals surface area contributed by atoms with Crippen LogP contribution in [0.1, 0.15) is 10.4 Å². The van der Waals surface area contributed by atoms with E-state index < -0.39 is 17.5 Å². The van der Waals surface area contributed by atoms with Gasteiger partial charge < -0.3 is 16.5 Å². The van der Waals surface area contributed by atoms with Gasteiger partial charge in [0.05, 0.1) is 22.6 Å². The minimum absolute atomic E-state index is 0.0154. The summed E-state index contributed by atoms with van der Waals surface area (Å²) in [5.41, 5.74) is 11.6. The van der Waals surface area contributed by atoms with Gasteiger partial charge in [0.25, 0.3) is 5.91 Å². The van der Waals surface area contributed by atoms with Crippen molar-refractivity contribution in [1.29, 1.82) is 0 Å². The molecule has 0 atom stereocenters. The minimum Gasteiger partial charge on any atom is -0.368 e. The molecule has 3 rings (SSSR count). The molecule has 0 aliphatic carbocycles. The maximum absolute atomic E-state index is 14.0. The third kappa shape index (κ3) is 2.73. The Morgan fingerprint density at radius 1 is 1.17 bits per heavy atom. The van der Waals surface area contributed by atoms with Crippen molar-refractivity contribution in [3.05, 3.63) is 53.7 Å². The van der Waals surface area contributed by atoms with Gasteiger partial charge in [-0.15, -0.1) is 0 Å². The number of nitrogen functional groups attached to an aromatic ring is 1. The van der Waals surface area contributed by atoms with Gasteiger partial charge in [0.1, 0.15) is 11.6 Å². The van der Waals surface area contributed by atoms with Crippen LogP contribution in [-0.2, 0) is 0 Å². The Morgan fingerprint density at radius 3 is 2.65 bits per heavy atom. The number of carbonyl (C=O) groups is 1. The number of nitrogens with zero attached hydrogens (tertiary/aromatic N) is 2. The molecule has 6 nitrogen and oxygen atoms in total. The lowest BCUT2D eigenvalue weighted by Gasteiger charge is -2.04. The zero-order chi connectivity index (χ0) is 16.6. The predicted molar refractivity (Wildman–Crippen MR) is 80.1 cm³/mol. The number of benzene rings is 1. The molecule has 1 aromatic carbocycles. The van der Waals surface area contributed by atoms with Crippen LogP contribution < -0.4 is 11.5 Å². The number of halogens is 2. The van der Waals surface area contributed by atoms with E-state index in [-0.39, 0.29) is 22.8 Å². The highest BCUT2D eigenvalue weighted by Crippen LogP contribution is 2.30. The summed E-state index contributed by atoms with van der Waals surface area (Å²) in [6.07, 6.45) is 1.44. The second kappa shape index (κ2) is 5.48.